The fourth-order valence-electron chi connectivity index (χ4n) is 1.67. The molecule has 3 nitrogen and oxygen atoms in total. The number of rotatable bonds is 3. The second-order valence-corrected chi connectivity index (χ2v) is 4.05. The van der Waals surface area contributed by atoms with Crippen LogP contribution in [0.25, 0.3) is 0 Å². The number of benzene rings is 1. The first-order valence-corrected chi connectivity index (χ1v) is 6.02. The van der Waals surface area contributed by atoms with E-state index in [-0.39, 0.29) is 6.61 Å². The zero-order valence-corrected chi connectivity index (χ0v) is 10.8. The second kappa shape index (κ2) is 6.58. The van der Waals surface area contributed by atoms with E-state index in [0.29, 0.717) is 6.61 Å². The third-order valence-electron chi connectivity index (χ3n) is 2.59. The standard InChI is InChI=1S/C16H15NO2/c1-13-11-14(5-4-10-18)7-8-16(13)19-12-15-6-2-3-9-17-15/h2-3,6-9,11,18H,10,12H2,1H3. The molecular weight excluding hydrogens is 238 g/mol. The summed E-state index contributed by atoms with van der Waals surface area (Å²) in [4.78, 5) is 4.21. The minimum atomic E-state index is -0.128. The van der Waals surface area contributed by atoms with Gasteiger partial charge in [0.05, 0.1) is 5.69 Å². The molecule has 1 heterocycles. The molecule has 0 atom stereocenters. The highest BCUT2D eigenvalue weighted by molar-refractivity contribution is 5.43. The monoisotopic (exact) mass is 253 g/mol. The Balaban J connectivity index is 2.05. The lowest BCUT2D eigenvalue weighted by atomic mass is 10.1. The average Bonchev–Trinajstić information content (AvgIpc) is 2.45. The van der Waals surface area contributed by atoms with E-state index in [2.05, 4.69) is 16.8 Å². The largest absolute Gasteiger partial charge is 0.487 e. The van der Waals surface area contributed by atoms with Crippen LogP contribution in [0.15, 0.2) is 42.6 Å². The highest BCUT2D eigenvalue weighted by Crippen LogP contribution is 2.19. The predicted octanol–water partition coefficient (Wildman–Crippen LogP) is 2.31. The normalized spacial score (nSPS) is 9.58. The summed E-state index contributed by atoms with van der Waals surface area (Å²) in [5.41, 5.74) is 2.78. The Bertz CT molecular complexity index is 597. The van der Waals surface area contributed by atoms with Crippen molar-refractivity contribution in [3.63, 3.8) is 0 Å². The Morgan fingerprint density at radius 1 is 1.26 bits per heavy atom. The van der Waals surface area contributed by atoms with Gasteiger partial charge in [0.15, 0.2) is 0 Å². The molecule has 19 heavy (non-hydrogen) atoms. The van der Waals surface area contributed by atoms with E-state index in [1.807, 2.05) is 43.3 Å². The lowest BCUT2D eigenvalue weighted by Crippen LogP contribution is -1.99. The van der Waals surface area contributed by atoms with E-state index in [1.165, 1.54) is 0 Å². The van der Waals surface area contributed by atoms with Crippen LogP contribution in [0.4, 0.5) is 0 Å². The van der Waals surface area contributed by atoms with Crippen LogP contribution in [-0.4, -0.2) is 16.7 Å². The van der Waals surface area contributed by atoms with Gasteiger partial charge >= 0.3 is 0 Å². The maximum Gasteiger partial charge on any atom is 0.130 e. The summed E-state index contributed by atoms with van der Waals surface area (Å²) in [6.45, 7) is 2.29. The van der Waals surface area contributed by atoms with E-state index in [1.54, 1.807) is 6.20 Å². The Labute approximate surface area is 112 Å². The zero-order valence-electron chi connectivity index (χ0n) is 10.8. The minimum absolute atomic E-state index is 0.128. The molecule has 2 rings (SSSR count). The van der Waals surface area contributed by atoms with Gasteiger partial charge in [-0.25, -0.2) is 0 Å². The van der Waals surface area contributed by atoms with Crippen molar-refractivity contribution in [3.05, 3.63) is 59.4 Å². The van der Waals surface area contributed by atoms with E-state index in [0.717, 1.165) is 22.6 Å². The van der Waals surface area contributed by atoms with Crippen molar-refractivity contribution in [3.8, 4) is 17.6 Å². The molecule has 1 aromatic carbocycles. The van der Waals surface area contributed by atoms with Crippen molar-refractivity contribution in [1.29, 1.82) is 0 Å². The van der Waals surface area contributed by atoms with Gasteiger partial charge in [-0.3, -0.25) is 4.98 Å². The van der Waals surface area contributed by atoms with Crippen LogP contribution < -0.4 is 4.74 Å². The van der Waals surface area contributed by atoms with Crippen LogP contribution in [0.5, 0.6) is 5.75 Å². The Kier molecular flexibility index (Phi) is 4.54. The van der Waals surface area contributed by atoms with Crippen molar-refractivity contribution >= 4 is 0 Å². The maximum absolute atomic E-state index is 8.66. The molecule has 0 saturated carbocycles. The van der Waals surface area contributed by atoms with Crippen LogP contribution in [0, 0.1) is 18.8 Å². The van der Waals surface area contributed by atoms with Crippen molar-refractivity contribution in [2.24, 2.45) is 0 Å². The summed E-state index contributed by atoms with van der Waals surface area (Å²) in [5, 5.41) is 8.66. The quantitative estimate of drug-likeness (QED) is 0.854. The molecule has 0 saturated heterocycles. The Morgan fingerprint density at radius 3 is 2.84 bits per heavy atom. The highest BCUT2D eigenvalue weighted by Gasteiger charge is 2.01. The SMILES string of the molecule is Cc1cc(C#CCO)ccc1OCc1ccccn1. The molecule has 1 aromatic heterocycles. The van der Waals surface area contributed by atoms with Gasteiger partial charge in [0.2, 0.25) is 0 Å². The van der Waals surface area contributed by atoms with Crippen molar-refractivity contribution in [2.45, 2.75) is 13.5 Å². The Morgan fingerprint density at radius 2 is 2.16 bits per heavy atom. The van der Waals surface area contributed by atoms with Crippen LogP contribution >= 0.6 is 0 Å². The third-order valence-corrected chi connectivity index (χ3v) is 2.59. The molecule has 0 aliphatic heterocycles. The fraction of sp³-hybridized carbons (Fsp3) is 0.188. The van der Waals surface area contributed by atoms with Crippen molar-refractivity contribution < 1.29 is 9.84 Å². The van der Waals surface area contributed by atoms with Crippen molar-refractivity contribution in [2.75, 3.05) is 6.61 Å². The zero-order chi connectivity index (χ0) is 13.5. The van der Waals surface area contributed by atoms with Crippen LogP contribution in [-0.2, 0) is 6.61 Å². The van der Waals surface area contributed by atoms with Crippen LogP contribution in [0.3, 0.4) is 0 Å². The van der Waals surface area contributed by atoms with E-state index in [4.69, 9.17) is 9.84 Å². The third kappa shape index (κ3) is 3.84. The first-order chi connectivity index (χ1) is 9.29. The summed E-state index contributed by atoms with van der Waals surface area (Å²) in [6, 6.07) is 11.4. The number of ether oxygens (including phenoxy) is 1. The average molecular weight is 253 g/mol. The van der Waals surface area contributed by atoms with Crippen molar-refractivity contribution in [1.82, 2.24) is 4.98 Å². The topological polar surface area (TPSA) is 42.4 Å². The number of pyridine rings is 1. The summed E-state index contributed by atoms with van der Waals surface area (Å²) < 4.78 is 5.72. The summed E-state index contributed by atoms with van der Waals surface area (Å²) in [7, 11) is 0. The number of aromatic nitrogens is 1. The van der Waals surface area contributed by atoms with Gasteiger partial charge in [0, 0.05) is 11.8 Å². The maximum atomic E-state index is 8.66. The van der Waals surface area contributed by atoms with E-state index >= 15 is 0 Å². The van der Waals surface area contributed by atoms with Crippen LogP contribution in [0.2, 0.25) is 0 Å². The molecule has 0 bridgehead atoms. The molecule has 3 heteroatoms. The molecule has 0 aliphatic rings. The van der Waals surface area contributed by atoms with Gasteiger partial charge in [-0.15, -0.1) is 0 Å². The van der Waals surface area contributed by atoms with Gasteiger partial charge in [-0.05, 0) is 42.8 Å². The number of aliphatic hydroxyl groups is 1. The molecule has 1 N–H and O–H groups in total. The predicted molar refractivity (Wildman–Crippen MR) is 73.7 cm³/mol. The summed E-state index contributed by atoms with van der Waals surface area (Å²) in [6.07, 6.45) is 1.75. The van der Waals surface area contributed by atoms with Gasteiger partial charge in [0.25, 0.3) is 0 Å². The second-order valence-electron chi connectivity index (χ2n) is 4.05. The molecule has 0 fully saturated rings. The van der Waals surface area contributed by atoms with Gasteiger partial charge in [-0.2, -0.15) is 0 Å². The molecule has 2 aromatic rings. The Hall–Kier alpha value is -2.31. The van der Waals surface area contributed by atoms with E-state index in [9.17, 15) is 0 Å². The molecule has 0 unspecified atom stereocenters. The lowest BCUT2D eigenvalue weighted by molar-refractivity contribution is 0.299. The van der Waals surface area contributed by atoms with Crippen LogP contribution in [0.1, 0.15) is 16.8 Å². The fourth-order valence-corrected chi connectivity index (χ4v) is 1.67. The number of aryl methyl sites for hydroxylation is 1. The molecule has 0 spiro atoms. The summed E-state index contributed by atoms with van der Waals surface area (Å²) in [5.74, 6) is 6.31. The first-order valence-electron chi connectivity index (χ1n) is 6.02. The smallest absolute Gasteiger partial charge is 0.130 e. The number of nitrogens with zero attached hydrogens (tertiary/aromatic N) is 1. The van der Waals surface area contributed by atoms with E-state index < -0.39 is 0 Å². The first kappa shape index (κ1) is 13.1. The van der Waals surface area contributed by atoms with Gasteiger partial charge in [0.1, 0.15) is 19.0 Å². The molecular formula is C16H15NO2. The molecule has 0 aliphatic carbocycles. The highest BCUT2D eigenvalue weighted by atomic mass is 16.5. The molecule has 96 valence electrons. The lowest BCUT2D eigenvalue weighted by Gasteiger charge is -2.08. The molecule has 0 radical (unpaired) electrons. The summed E-state index contributed by atoms with van der Waals surface area (Å²) >= 11 is 0. The minimum Gasteiger partial charge on any atom is -0.487 e. The number of hydrogen-bond acceptors (Lipinski definition) is 3. The van der Waals surface area contributed by atoms with Gasteiger partial charge in [-0.1, -0.05) is 17.9 Å². The van der Waals surface area contributed by atoms with Gasteiger partial charge < -0.3 is 9.84 Å². The number of aliphatic hydroxyl groups excluding tert-OH is 1. The molecule has 0 amide bonds. The number of hydrogen-bond donors (Lipinski definition) is 1.